The molecule has 2 aliphatic heterocycles. The van der Waals surface area contributed by atoms with Crippen LogP contribution in [0, 0.1) is 0 Å². The van der Waals surface area contributed by atoms with E-state index in [0.717, 1.165) is 51.6 Å². The summed E-state index contributed by atoms with van der Waals surface area (Å²) < 4.78 is 12.6. The lowest BCUT2D eigenvalue weighted by molar-refractivity contribution is 0.0332. The normalized spacial score (nSPS) is 25.8. The van der Waals surface area contributed by atoms with E-state index in [4.69, 9.17) is 9.47 Å². The molecule has 0 radical (unpaired) electrons. The van der Waals surface area contributed by atoms with Gasteiger partial charge in [-0.1, -0.05) is 60.7 Å². The smallest absolute Gasteiger partial charge is 0.0592 e. The van der Waals surface area contributed by atoms with E-state index in [0.29, 0.717) is 24.4 Å². The van der Waals surface area contributed by atoms with E-state index in [9.17, 15) is 0 Å². The highest BCUT2D eigenvalue weighted by atomic mass is 16.5. The van der Waals surface area contributed by atoms with Crippen LogP contribution in [0.4, 0.5) is 0 Å². The van der Waals surface area contributed by atoms with Crippen LogP contribution in [0.3, 0.4) is 0 Å². The molecule has 4 atom stereocenters. The maximum absolute atomic E-state index is 6.28. The SMILES string of the molecule is c1ccc(CCC2CCC(CCNCCC3CCC(CCc4ccccc4)O3)O2)cc1. The first-order valence-electron chi connectivity index (χ1n) is 12.4. The molecule has 0 aromatic heterocycles. The Morgan fingerprint density at radius 3 is 1.35 bits per heavy atom. The quantitative estimate of drug-likeness (QED) is 0.445. The van der Waals surface area contributed by atoms with Gasteiger partial charge >= 0.3 is 0 Å². The Bertz CT molecular complexity index is 672. The van der Waals surface area contributed by atoms with Crippen LogP contribution < -0.4 is 5.32 Å². The highest BCUT2D eigenvalue weighted by Crippen LogP contribution is 2.26. The van der Waals surface area contributed by atoms with Gasteiger partial charge in [-0.15, -0.1) is 0 Å². The molecule has 4 unspecified atom stereocenters. The number of nitrogens with one attached hydrogen (secondary N) is 1. The maximum Gasteiger partial charge on any atom is 0.0592 e. The van der Waals surface area contributed by atoms with Crippen molar-refractivity contribution in [3.8, 4) is 0 Å². The zero-order chi connectivity index (χ0) is 21.1. The number of hydrogen-bond acceptors (Lipinski definition) is 3. The molecule has 2 heterocycles. The van der Waals surface area contributed by atoms with Gasteiger partial charge in [0.1, 0.15) is 0 Å². The first-order chi connectivity index (χ1) is 15.3. The zero-order valence-corrected chi connectivity index (χ0v) is 18.9. The van der Waals surface area contributed by atoms with Gasteiger partial charge in [0, 0.05) is 0 Å². The second kappa shape index (κ2) is 12.4. The molecule has 0 spiro atoms. The van der Waals surface area contributed by atoms with Crippen molar-refractivity contribution < 1.29 is 9.47 Å². The van der Waals surface area contributed by atoms with Crippen molar-refractivity contribution in [2.75, 3.05) is 13.1 Å². The van der Waals surface area contributed by atoms with Gasteiger partial charge in [0.05, 0.1) is 24.4 Å². The number of rotatable bonds is 12. The molecule has 0 amide bonds. The number of aryl methyl sites for hydroxylation is 2. The van der Waals surface area contributed by atoms with Crippen molar-refractivity contribution >= 4 is 0 Å². The lowest BCUT2D eigenvalue weighted by Crippen LogP contribution is -2.25. The molecule has 4 rings (SSSR count). The second-order valence-corrected chi connectivity index (χ2v) is 9.29. The molecule has 0 saturated carbocycles. The Morgan fingerprint density at radius 1 is 0.548 bits per heavy atom. The van der Waals surface area contributed by atoms with Crippen molar-refractivity contribution in [3.05, 3.63) is 71.8 Å². The Labute approximate surface area is 188 Å². The molecular formula is C28H39NO2. The van der Waals surface area contributed by atoms with Crippen LogP contribution in [0.2, 0.25) is 0 Å². The average Bonchev–Trinajstić information content (AvgIpc) is 3.47. The topological polar surface area (TPSA) is 30.5 Å². The lowest BCUT2D eigenvalue weighted by atomic mass is 10.0. The molecule has 2 aliphatic rings. The summed E-state index contributed by atoms with van der Waals surface area (Å²) >= 11 is 0. The third-order valence-electron chi connectivity index (χ3n) is 6.87. The first-order valence-corrected chi connectivity index (χ1v) is 12.4. The maximum atomic E-state index is 6.28. The van der Waals surface area contributed by atoms with Crippen molar-refractivity contribution in [1.82, 2.24) is 5.32 Å². The highest BCUT2D eigenvalue weighted by Gasteiger charge is 2.26. The predicted molar refractivity (Wildman–Crippen MR) is 127 cm³/mol. The van der Waals surface area contributed by atoms with Crippen LogP contribution in [0.1, 0.15) is 62.5 Å². The molecule has 31 heavy (non-hydrogen) atoms. The summed E-state index contributed by atoms with van der Waals surface area (Å²) in [5, 5.41) is 3.62. The Kier molecular flexibility index (Phi) is 8.99. The van der Waals surface area contributed by atoms with Crippen molar-refractivity contribution in [2.45, 2.75) is 88.6 Å². The zero-order valence-electron chi connectivity index (χ0n) is 18.9. The van der Waals surface area contributed by atoms with Gasteiger partial charge in [0.15, 0.2) is 0 Å². The third-order valence-corrected chi connectivity index (χ3v) is 6.87. The van der Waals surface area contributed by atoms with E-state index in [-0.39, 0.29) is 0 Å². The fraction of sp³-hybridized carbons (Fsp3) is 0.571. The minimum absolute atomic E-state index is 0.443. The van der Waals surface area contributed by atoms with E-state index in [2.05, 4.69) is 66.0 Å². The molecule has 3 nitrogen and oxygen atoms in total. The number of ether oxygens (including phenoxy) is 2. The van der Waals surface area contributed by atoms with Gasteiger partial charge in [-0.2, -0.15) is 0 Å². The minimum Gasteiger partial charge on any atom is -0.375 e. The van der Waals surface area contributed by atoms with E-state index < -0.39 is 0 Å². The lowest BCUT2D eigenvalue weighted by Gasteiger charge is -2.16. The predicted octanol–water partition coefficient (Wildman–Crippen LogP) is 5.72. The summed E-state index contributed by atoms with van der Waals surface area (Å²) in [6.45, 7) is 2.11. The fourth-order valence-electron chi connectivity index (χ4n) is 5.01. The largest absolute Gasteiger partial charge is 0.375 e. The van der Waals surface area contributed by atoms with Gasteiger partial charge in [-0.3, -0.25) is 0 Å². The first kappa shape index (κ1) is 22.5. The molecule has 0 bridgehead atoms. The van der Waals surface area contributed by atoms with Gasteiger partial charge in [0.25, 0.3) is 0 Å². The highest BCUT2D eigenvalue weighted by molar-refractivity contribution is 5.15. The number of hydrogen-bond donors (Lipinski definition) is 1. The molecular weight excluding hydrogens is 382 g/mol. The third kappa shape index (κ3) is 7.75. The molecule has 2 aromatic carbocycles. The summed E-state index contributed by atoms with van der Waals surface area (Å²) in [4.78, 5) is 0. The summed E-state index contributed by atoms with van der Waals surface area (Å²) in [7, 11) is 0. The molecule has 1 N–H and O–H groups in total. The second-order valence-electron chi connectivity index (χ2n) is 9.29. The van der Waals surface area contributed by atoms with Crippen LogP contribution in [-0.2, 0) is 22.3 Å². The van der Waals surface area contributed by atoms with E-state index in [1.165, 1.54) is 36.8 Å². The molecule has 0 aliphatic carbocycles. The van der Waals surface area contributed by atoms with Crippen molar-refractivity contribution in [3.63, 3.8) is 0 Å². The summed E-state index contributed by atoms with van der Waals surface area (Å²) in [5.74, 6) is 0. The number of benzene rings is 2. The van der Waals surface area contributed by atoms with Crippen LogP contribution in [0.25, 0.3) is 0 Å². The summed E-state index contributed by atoms with van der Waals surface area (Å²) in [5.41, 5.74) is 2.85. The standard InChI is InChI=1S/C28H39NO2/c1-3-7-23(8-4-1)11-13-25-15-17-27(30-25)19-21-29-22-20-28-18-16-26(31-28)14-12-24-9-5-2-6-10-24/h1-10,25-29H,11-22H2. The monoisotopic (exact) mass is 421 g/mol. The van der Waals surface area contributed by atoms with Crippen molar-refractivity contribution in [2.24, 2.45) is 0 Å². The Hall–Kier alpha value is -1.68. The molecule has 168 valence electrons. The van der Waals surface area contributed by atoms with Crippen LogP contribution in [0.15, 0.2) is 60.7 Å². The van der Waals surface area contributed by atoms with Gasteiger partial charge in [0.2, 0.25) is 0 Å². The summed E-state index contributed by atoms with van der Waals surface area (Å²) in [6.07, 6.45) is 13.5. The van der Waals surface area contributed by atoms with E-state index in [1.54, 1.807) is 0 Å². The van der Waals surface area contributed by atoms with Crippen LogP contribution in [-0.4, -0.2) is 37.5 Å². The van der Waals surface area contributed by atoms with E-state index >= 15 is 0 Å². The molecule has 2 saturated heterocycles. The summed E-state index contributed by atoms with van der Waals surface area (Å²) in [6, 6.07) is 21.5. The minimum atomic E-state index is 0.443. The van der Waals surface area contributed by atoms with Gasteiger partial charge in [-0.25, -0.2) is 0 Å². The molecule has 2 aromatic rings. The van der Waals surface area contributed by atoms with Crippen LogP contribution >= 0.6 is 0 Å². The van der Waals surface area contributed by atoms with Gasteiger partial charge in [-0.05, 0) is 88.4 Å². The van der Waals surface area contributed by atoms with E-state index in [1.807, 2.05) is 0 Å². The fourth-order valence-corrected chi connectivity index (χ4v) is 5.01. The Balaban J connectivity index is 1.01. The van der Waals surface area contributed by atoms with Gasteiger partial charge < -0.3 is 14.8 Å². The molecule has 2 fully saturated rings. The van der Waals surface area contributed by atoms with Crippen LogP contribution in [0.5, 0.6) is 0 Å². The van der Waals surface area contributed by atoms with Crippen molar-refractivity contribution in [1.29, 1.82) is 0 Å². The average molecular weight is 422 g/mol. The molecule has 3 heteroatoms. The Morgan fingerprint density at radius 2 is 0.935 bits per heavy atom.